The third kappa shape index (κ3) is 2.99. The lowest BCUT2D eigenvalue weighted by molar-refractivity contribution is -0.0226. The lowest BCUT2D eigenvalue weighted by atomic mass is 10.1. The van der Waals surface area contributed by atoms with Crippen LogP contribution in [0.4, 0.5) is 0 Å². The van der Waals surface area contributed by atoms with E-state index in [0.29, 0.717) is 25.3 Å². The first-order valence-corrected chi connectivity index (χ1v) is 9.12. The number of ether oxygens (including phenoxy) is 1. The number of fused-ring (bicyclic) bond motifs is 1. The Balaban J connectivity index is 1.67. The molecule has 0 spiro atoms. The lowest BCUT2D eigenvalue weighted by Gasteiger charge is -2.32. The normalized spacial score (nSPS) is 17.6. The zero-order chi connectivity index (χ0) is 18.1. The van der Waals surface area contributed by atoms with E-state index in [1.54, 1.807) is 0 Å². The van der Waals surface area contributed by atoms with E-state index in [-0.39, 0.29) is 12.0 Å². The van der Waals surface area contributed by atoms with Crippen LogP contribution in [-0.4, -0.2) is 46.2 Å². The van der Waals surface area contributed by atoms with E-state index in [2.05, 4.69) is 28.6 Å². The minimum Gasteiger partial charge on any atom is -0.375 e. The molecule has 3 aromatic rings. The van der Waals surface area contributed by atoms with Gasteiger partial charge in [-0.15, -0.1) is 0 Å². The number of benzene rings is 2. The van der Waals surface area contributed by atoms with Crippen LogP contribution in [0, 0.1) is 6.92 Å². The number of aryl methyl sites for hydroxylation is 1. The number of carbonyl (C=O) groups is 1. The molecule has 1 fully saturated rings. The van der Waals surface area contributed by atoms with E-state index in [9.17, 15) is 4.79 Å². The largest absolute Gasteiger partial charge is 0.375 e. The number of morpholine rings is 1. The summed E-state index contributed by atoms with van der Waals surface area (Å²) in [4.78, 5) is 19.5. The van der Waals surface area contributed by atoms with Crippen LogP contribution in [0.25, 0.3) is 16.7 Å². The zero-order valence-corrected chi connectivity index (χ0v) is 15.2. The standard InChI is InChI=1S/C21H23N3O2/c1-3-18-14-23(11-12-26-18)21(25)16-9-10-20-19(13-16)22-15(2)24(20)17-7-5-4-6-8-17/h4-10,13,18H,3,11-12,14H2,1-2H3/t18-/m1/s1. The van der Waals surface area contributed by atoms with Gasteiger partial charge in [-0.2, -0.15) is 0 Å². The van der Waals surface area contributed by atoms with Gasteiger partial charge >= 0.3 is 0 Å². The third-order valence-corrected chi connectivity index (χ3v) is 4.96. The molecule has 0 radical (unpaired) electrons. The van der Waals surface area contributed by atoms with Gasteiger partial charge in [-0.25, -0.2) is 4.98 Å². The molecule has 0 aliphatic carbocycles. The van der Waals surface area contributed by atoms with E-state index in [1.165, 1.54) is 0 Å². The molecule has 0 unspecified atom stereocenters. The summed E-state index contributed by atoms with van der Waals surface area (Å²) in [5.74, 6) is 0.966. The molecule has 5 heteroatoms. The van der Waals surface area contributed by atoms with E-state index in [4.69, 9.17) is 4.74 Å². The van der Waals surface area contributed by atoms with Crippen LogP contribution in [0.15, 0.2) is 48.5 Å². The van der Waals surface area contributed by atoms with Gasteiger partial charge in [0.2, 0.25) is 0 Å². The molecule has 134 valence electrons. The van der Waals surface area contributed by atoms with Crippen molar-refractivity contribution in [2.45, 2.75) is 26.4 Å². The second kappa shape index (κ2) is 6.92. The fourth-order valence-electron chi connectivity index (χ4n) is 3.57. The summed E-state index contributed by atoms with van der Waals surface area (Å²) < 4.78 is 7.79. The van der Waals surface area contributed by atoms with Crippen molar-refractivity contribution in [1.29, 1.82) is 0 Å². The molecular formula is C21H23N3O2. The lowest BCUT2D eigenvalue weighted by Crippen LogP contribution is -2.45. The molecule has 2 heterocycles. The average Bonchev–Trinajstić information content (AvgIpc) is 3.03. The number of imidazole rings is 1. The Morgan fingerprint density at radius 3 is 2.81 bits per heavy atom. The van der Waals surface area contributed by atoms with Crippen LogP contribution in [0.5, 0.6) is 0 Å². The molecule has 1 aromatic heterocycles. The maximum atomic E-state index is 12.9. The summed E-state index contributed by atoms with van der Waals surface area (Å²) >= 11 is 0. The fraction of sp³-hybridized carbons (Fsp3) is 0.333. The van der Waals surface area contributed by atoms with Crippen LogP contribution in [0.2, 0.25) is 0 Å². The molecule has 4 rings (SSSR count). The van der Waals surface area contributed by atoms with Crippen molar-refractivity contribution < 1.29 is 9.53 Å². The minimum absolute atomic E-state index is 0.0561. The first-order valence-electron chi connectivity index (χ1n) is 9.12. The molecule has 5 nitrogen and oxygen atoms in total. The summed E-state index contributed by atoms with van der Waals surface area (Å²) in [6, 6.07) is 16.0. The van der Waals surface area contributed by atoms with Crippen molar-refractivity contribution in [3.8, 4) is 5.69 Å². The molecule has 0 bridgehead atoms. The molecule has 1 aliphatic rings. The average molecular weight is 349 g/mol. The highest BCUT2D eigenvalue weighted by atomic mass is 16.5. The molecule has 26 heavy (non-hydrogen) atoms. The van der Waals surface area contributed by atoms with Gasteiger partial charge in [0.1, 0.15) is 5.82 Å². The number of hydrogen-bond acceptors (Lipinski definition) is 3. The molecule has 1 atom stereocenters. The number of rotatable bonds is 3. The summed E-state index contributed by atoms with van der Waals surface area (Å²) in [5.41, 5.74) is 3.62. The van der Waals surface area contributed by atoms with Crippen molar-refractivity contribution in [2.24, 2.45) is 0 Å². The number of amides is 1. The van der Waals surface area contributed by atoms with Crippen molar-refractivity contribution in [3.05, 3.63) is 59.9 Å². The van der Waals surface area contributed by atoms with Gasteiger partial charge in [0.15, 0.2) is 0 Å². The molecule has 1 saturated heterocycles. The Hall–Kier alpha value is -2.66. The number of nitrogens with zero attached hydrogens (tertiary/aromatic N) is 3. The van der Waals surface area contributed by atoms with Gasteiger partial charge in [0, 0.05) is 24.3 Å². The van der Waals surface area contributed by atoms with Crippen molar-refractivity contribution in [1.82, 2.24) is 14.5 Å². The number of carbonyl (C=O) groups excluding carboxylic acids is 1. The molecule has 1 amide bonds. The Labute approximate surface area is 153 Å². The second-order valence-electron chi connectivity index (χ2n) is 6.69. The maximum absolute atomic E-state index is 12.9. The highest BCUT2D eigenvalue weighted by Crippen LogP contribution is 2.23. The third-order valence-electron chi connectivity index (χ3n) is 4.96. The Morgan fingerprint density at radius 2 is 2.04 bits per heavy atom. The SMILES string of the molecule is CC[C@@H]1CN(C(=O)c2ccc3c(c2)nc(C)n3-c2ccccc2)CCO1. The van der Waals surface area contributed by atoms with Crippen molar-refractivity contribution >= 4 is 16.9 Å². The first-order chi connectivity index (χ1) is 12.7. The number of aromatic nitrogens is 2. The second-order valence-corrected chi connectivity index (χ2v) is 6.69. The van der Waals surface area contributed by atoms with Crippen LogP contribution >= 0.6 is 0 Å². The van der Waals surface area contributed by atoms with Gasteiger partial charge in [-0.1, -0.05) is 25.1 Å². The van der Waals surface area contributed by atoms with Gasteiger partial charge in [0.05, 0.1) is 23.7 Å². The summed E-state index contributed by atoms with van der Waals surface area (Å²) in [6.07, 6.45) is 1.06. The zero-order valence-electron chi connectivity index (χ0n) is 15.2. The van der Waals surface area contributed by atoms with Gasteiger partial charge in [0.25, 0.3) is 5.91 Å². The van der Waals surface area contributed by atoms with Crippen molar-refractivity contribution in [2.75, 3.05) is 19.7 Å². The summed E-state index contributed by atoms with van der Waals surface area (Å²) in [5, 5.41) is 0. The minimum atomic E-state index is 0.0561. The maximum Gasteiger partial charge on any atom is 0.254 e. The first kappa shape index (κ1) is 16.8. The van der Waals surface area contributed by atoms with Crippen LogP contribution < -0.4 is 0 Å². The van der Waals surface area contributed by atoms with Gasteiger partial charge in [-0.05, 0) is 43.7 Å². The highest BCUT2D eigenvalue weighted by Gasteiger charge is 2.24. The molecule has 1 aliphatic heterocycles. The van der Waals surface area contributed by atoms with Gasteiger partial charge in [-0.3, -0.25) is 9.36 Å². The summed E-state index contributed by atoms with van der Waals surface area (Å²) in [6.45, 7) is 5.98. The van der Waals surface area contributed by atoms with Crippen LogP contribution in [0.3, 0.4) is 0 Å². The molecular weight excluding hydrogens is 326 g/mol. The molecule has 0 saturated carbocycles. The van der Waals surface area contributed by atoms with E-state index >= 15 is 0 Å². The fourth-order valence-corrected chi connectivity index (χ4v) is 3.57. The van der Waals surface area contributed by atoms with Gasteiger partial charge < -0.3 is 9.64 Å². The quantitative estimate of drug-likeness (QED) is 0.726. The number of para-hydroxylation sites is 1. The Morgan fingerprint density at radius 1 is 1.23 bits per heavy atom. The van der Waals surface area contributed by atoms with E-state index < -0.39 is 0 Å². The van der Waals surface area contributed by atoms with E-state index in [1.807, 2.05) is 48.2 Å². The number of hydrogen-bond donors (Lipinski definition) is 0. The predicted octanol–water partition coefficient (Wildman–Crippen LogP) is 3.58. The Kier molecular flexibility index (Phi) is 4.47. The van der Waals surface area contributed by atoms with Crippen LogP contribution in [-0.2, 0) is 4.74 Å². The Bertz CT molecular complexity index is 933. The predicted molar refractivity (Wildman–Crippen MR) is 102 cm³/mol. The monoisotopic (exact) mass is 349 g/mol. The van der Waals surface area contributed by atoms with E-state index in [0.717, 1.165) is 29.0 Å². The van der Waals surface area contributed by atoms with Crippen LogP contribution in [0.1, 0.15) is 29.5 Å². The topological polar surface area (TPSA) is 47.4 Å². The molecule has 0 N–H and O–H groups in total. The summed E-state index contributed by atoms with van der Waals surface area (Å²) in [7, 11) is 0. The van der Waals surface area contributed by atoms with Crippen molar-refractivity contribution in [3.63, 3.8) is 0 Å². The highest BCUT2D eigenvalue weighted by molar-refractivity contribution is 5.97. The smallest absolute Gasteiger partial charge is 0.254 e. The molecule has 2 aromatic carbocycles.